The quantitative estimate of drug-likeness (QED) is 0.491. The Bertz CT molecular complexity index is 618. The Balaban J connectivity index is 2.19. The molecule has 0 N–H and O–H groups in total. The van der Waals surface area contributed by atoms with Crippen LogP contribution in [-0.2, 0) is 0 Å². The molecule has 0 atom stereocenters. The van der Waals surface area contributed by atoms with Crippen LogP contribution in [0.2, 0.25) is 0 Å². The van der Waals surface area contributed by atoms with Gasteiger partial charge in [-0.2, -0.15) is 0 Å². The Morgan fingerprint density at radius 1 is 1.16 bits per heavy atom. The second-order valence-corrected chi connectivity index (χ2v) is 4.92. The number of aryl methyl sites for hydroxylation is 1. The first-order chi connectivity index (χ1) is 9.10. The molecule has 3 nitrogen and oxygen atoms in total. The summed E-state index contributed by atoms with van der Waals surface area (Å²) >= 11 is 3.26. The van der Waals surface area contributed by atoms with Crippen LogP contribution >= 0.6 is 15.9 Å². The maximum Gasteiger partial charge on any atom is 0.343 e. The summed E-state index contributed by atoms with van der Waals surface area (Å²) in [6.45, 7) is 1.95. The maximum atomic E-state index is 11.9. The molecule has 96 valence electrons. The van der Waals surface area contributed by atoms with Crippen LogP contribution in [0.1, 0.15) is 26.3 Å². The highest BCUT2D eigenvalue weighted by atomic mass is 79.9. The number of hydrogen-bond donors (Lipinski definition) is 0. The minimum atomic E-state index is -0.431. The molecule has 0 aliphatic carbocycles. The largest absolute Gasteiger partial charge is 0.422 e. The van der Waals surface area contributed by atoms with Crippen LogP contribution in [0.25, 0.3) is 0 Å². The predicted octanol–water partition coefficient (Wildman–Crippen LogP) is 3.79. The van der Waals surface area contributed by atoms with Gasteiger partial charge in [0.25, 0.3) is 0 Å². The molecule has 0 aliphatic rings. The number of halogens is 1. The molecular weight excluding hydrogens is 308 g/mol. The molecule has 2 rings (SSSR count). The van der Waals surface area contributed by atoms with Crippen molar-refractivity contribution in [3.8, 4) is 5.75 Å². The number of ether oxygens (including phenoxy) is 1. The smallest absolute Gasteiger partial charge is 0.343 e. The van der Waals surface area contributed by atoms with Crippen molar-refractivity contribution in [3.63, 3.8) is 0 Å². The molecule has 19 heavy (non-hydrogen) atoms. The minimum absolute atomic E-state index is 0.385. The van der Waals surface area contributed by atoms with E-state index < -0.39 is 5.97 Å². The lowest BCUT2D eigenvalue weighted by molar-refractivity contribution is 0.0733. The van der Waals surface area contributed by atoms with Gasteiger partial charge in [0.15, 0.2) is 0 Å². The third kappa shape index (κ3) is 3.29. The second-order valence-electron chi connectivity index (χ2n) is 4.06. The molecule has 0 unspecified atom stereocenters. The van der Waals surface area contributed by atoms with Crippen LogP contribution in [0.5, 0.6) is 5.75 Å². The molecule has 0 saturated heterocycles. The molecule has 0 spiro atoms. The van der Waals surface area contributed by atoms with E-state index in [4.69, 9.17) is 4.74 Å². The first kappa shape index (κ1) is 13.5. The van der Waals surface area contributed by atoms with Crippen molar-refractivity contribution < 1.29 is 14.3 Å². The fourth-order valence-corrected chi connectivity index (χ4v) is 2.00. The first-order valence-electron chi connectivity index (χ1n) is 5.64. The summed E-state index contributed by atoms with van der Waals surface area (Å²) in [4.78, 5) is 22.5. The van der Waals surface area contributed by atoms with Gasteiger partial charge in [-0.25, -0.2) is 4.79 Å². The van der Waals surface area contributed by atoms with E-state index >= 15 is 0 Å². The number of rotatable bonds is 3. The molecule has 0 radical (unpaired) electrons. The molecule has 0 amide bonds. The summed E-state index contributed by atoms with van der Waals surface area (Å²) in [6.07, 6.45) is 0.732. The summed E-state index contributed by atoms with van der Waals surface area (Å²) in [6, 6.07) is 11.9. The number of carbonyl (C=O) groups excluding carboxylic acids is 2. The van der Waals surface area contributed by atoms with Gasteiger partial charge in [0.2, 0.25) is 0 Å². The second kappa shape index (κ2) is 5.80. The molecule has 0 aromatic heterocycles. The lowest BCUT2D eigenvalue weighted by Gasteiger charge is -2.07. The van der Waals surface area contributed by atoms with Crippen molar-refractivity contribution >= 4 is 28.2 Å². The van der Waals surface area contributed by atoms with E-state index in [0.717, 1.165) is 11.8 Å². The molecule has 0 heterocycles. The van der Waals surface area contributed by atoms with Crippen molar-refractivity contribution in [1.29, 1.82) is 0 Å². The summed E-state index contributed by atoms with van der Waals surface area (Å²) < 4.78 is 5.84. The van der Waals surface area contributed by atoms with E-state index in [9.17, 15) is 9.59 Å². The number of esters is 1. The highest BCUT2D eigenvalue weighted by Crippen LogP contribution is 2.26. The van der Waals surface area contributed by atoms with E-state index in [1.165, 1.54) is 0 Å². The highest BCUT2D eigenvalue weighted by molar-refractivity contribution is 9.10. The Hall–Kier alpha value is -1.94. The van der Waals surface area contributed by atoms with Gasteiger partial charge in [0, 0.05) is 5.56 Å². The van der Waals surface area contributed by atoms with Crippen LogP contribution in [0.4, 0.5) is 0 Å². The van der Waals surface area contributed by atoms with Gasteiger partial charge in [-0.05, 0) is 53.2 Å². The van der Waals surface area contributed by atoms with Crippen molar-refractivity contribution in [3.05, 3.63) is 63.6 Å². The third-order valence-electron chi connectivity index (χ3n) is 2.58. The normalized spacial score (nSPS) is 10.0. The van der Waals surface area contributed by atoms with Crippen LogP contribution in [0.3, 0.4) is 0 Å². The Kier molecular flexibility index (Phi) is 4.12. The summed E-state index contributed by atoms with van der Waals surface area (Å²) in [5, 5.41) is 0. The van der Waals surface area contributed by atoms with Crippen LogP contribution in [0, 0.1) is 6.92 Å². The van der Waals surface area contributed by atoms with Crippen molar-refractivity contribution in [2.45, 2.75) is 6.92 Å². The molecular formula is C15H11BrO3. The Morgan fingerprint density at radius 3 is 2.42 bits per heavy atom. The van der Waals surface area contributed by atoms with Crippen LogP contribution in [0.15, 0.2) is 46.9 Å². The summed E-state index contributed by atoms with van der Waals surface area (Å²) in [5.74, 6) is -0.0456. The highest BCUT2D eigenvalue weighted by Gasteiger charge is 2.10. The minimum Gasteiger partial charge on any atom is -0.422 e. The standard InChI is InChI=1S/C15H11BrO3/c1-10-2-5-12(6-3-10)15(18)19-14-7-4-11(9-17)8-13(14)16/h2-9H,1H3. The van der Waals surface area contributed by atoms with Crippen LogP contribution in [-0.4, -0.2) is 12.3 Å². The van der Waals surface area contributed by atoms with Crippen LogP contribution < -0.4 is 4.74 Å². The topological polar surface area (TPSA) is 43.4 Å². The number of carbonyl (C=O) groups is 2. The molecule has 0 saturated carbocycles. The number of aldehydes is 1. The Labute approximate surface area is 119 Å². The van der Waals surface area contributed by atoms with Gasteiger partial charge in [-0.1, -0.05) is 17.7 Å². The van der Waals surface area contributed by atoms with E-state index in [2.05, 4.69) is 15.9 Å². The molecule has 0 bridgehead atoms. The Morgan fingerprint density at radius 2 is 1.84 bits per heavy atom. The SMILES string of the molecule is Cc1ccc(C(=O)Oc2ccc(C=O)cc2Br)cc1. The fourth-order valence-electron chi connectivity index (χ4n) is 1.52. The van der Waals surface area contributed by atoms with Crippen molar-refractivity contribution in [2.75, 3.05) is 0 Å². The van der Waals surface area contributed by atoms with Gasteiger partial charge < -0.3 is 4.74 Å². The van der Waals surface area contributed by atoms with E-state index in [1.807, 2.05) is 19.1 Å². The zero-order chi connectivity index (χ0) is 13.8. The first-order valence-corrected chi connectivity index (χ1v) is 6.43. The monoisotopic (exact) mass is 318 g/mol. The average Bonchev–Trinajstić information content (AvgIpc) is 2.41. The summed E-state index contributed by atoms with van der Waals surface area (Å²) in [7, 11) is 0. The summed E-state index contributed by atoms with van der Waals surface area (Å²) in [5.41, 5.74) is 2.08. The average molecular weight is 319 g/mol. The third-order valence-corrected chi connectivity index (χ3v) is 3.20. The fraction of sp³-hybridized carbons (Fsp3) is 0.0667. The van der Waals surface area contributed by atoms with Gasteiger partial charge in [0.05, 0.1) is 10.0 Å². The van der Waals surface area contributed by atoms with Crippen molar-refractivity contribution in [2.24, 2.45) is 0 Å². The molecule has 0 fully saturated rings. The van der Waals surface area contributed by atoms with E-state index in [1.54, 1.807) is 30.3 Å². The van der Waals surface area contributed by atoms with Gasteiger partial charge in [-0.15, -0.1) is 0 Å². The predicted molar refractivity (Wildman–Crippen MR) is 75.7 cm³/mol. The van der Waals surface area contributed by atoms with Crippen molar-refractivity contribution in [1.82, 2.24) is 0 Å². The number of benzene rings is 2. The lowest BCUT2D eigenvalue weighted by atomic mass is 10.1. The van der Waals surface area contributed by atoms with E-state index in [0.29, 0.717) is 21.3 Å². The van der Waals surface area contributed by atoms with E-state index in [-0.39, 0.29) is 0 Å². The molecule has 4 heteroatoms. The van der Waals surface area contributed by atoms with Gasteiger partial charge in [0.1, 0.15) is 12.0 Å². The molecule has 0 aliphatic heterocycles. The van der Waals surface area contributed by atoms with Gasteiger partial charge in [-0.3, -0.25) is 4.79 Å². The van der Waals surface area contributed by atoms with Gasteiger partial charge >= 0.3 is 5.97 Å². The number of hydrogen-bond acceptors (Lipinski definition) is 3. The maximum absolute atomic E-state index is 11.9. The lowest BCUT2D eigenvalue weighted by Crippen LogP contribution is -2.08. The zero-order valence-electron chi connectivity index (χ0n) is 10.2. The molecule has 2 aromatic carbocycles. The zero-order valence-corrected chi connectivity index (χ0v) is 11.8. The molecule has 2 aromatic rings.